The van der Waals surface area contributed by atoms with Crippen LogP contribution in [0.1, 0.15) is 5.56 Å². The van der Waals surface area contributed by atoms with Gasteiger partial charge in [0.2, 0.25) is 11.8 Å². The Hall–Kier alpha value is -3.03. The van der Waals surface area contributed by atoms with E-state index in [1.165, 1.54) is 7.11 Å². The first kappa shape index (κ1) is 21.7. The number of aromatic nitrogens is 1. The number of H-pyrrole nitrogens is 1. The predicted octanol–water partition coefficient (Wildman–Crippen LogP) is 3.06. The molecule has 2 amide bonds. The van der Waals surface area contributed by atoms with Gasteiger partial charge in [-0.25, -0.2) is 0 Å². The zero-order valence-electron chi connectivity index (χ0n) is 17.0. The molecule has 0 fully saturated rings. The van der Waals surface area contributed by atoms with Crippen molar-refractivity contribution in [1.29, 1.82) is 0 Å². The summed E-state index contributed by atoms with van der Waals surface area (Å²) in [5, 5.41) is 7.32. The number of rotatable bonds is 9. The van der Waals surface area contributed by atoms with E-state index in [-0.39, 0.29) is 24.9 Å². The van der Waals surface area contributed by atoms with Crippen LogP contribution in [0.25, 0.3) is 10.9 Å². The Kier molecular flexibility index (Phi) is 7.32. The molecule has 0 bridgehead atoms. The summed E-state index contributed by atoms with van der Waals surface area (Å²) in [5.41, 5.74) is 2.74. The van der Waals surface area contributed by atoms with Crippen LogP contribution < -0.4 is 15.4 Å². The molecule has 30 heavy (non-hydrogen) atoms. The summed E-state index contributed by atoms with van der Waals surface area (Å²) in [6, 6.07) is 13.1. The van der Waals surface area contributed by atoms with Crippen LogP contribution in [0.5, 0.6) is 5.75 Å². The number of ether oxygens (including phenoxy) is 1. The number of amides is 2. The molecule has 0 aliphatic carbocycles. The van der Waals surface area contributed by atoms with E-state index in [4.69, 9.17) is 16.3 Å². The summed E-state index contributed by atoms with van der Waals surface area (Å²) in [6.45, 7) is 0.708. The second-order valence-electron chi connectivity index (χ2n) is 7.02. The summed E-state index contributed by atoms with van der Waals surface area (Å²) >= 11 is 5.98. The molecule has 3 aromatic rings. The highest BCUT2D eigenvalue weighted by molar-refractivity contribution is 6.31. The number of nitrogens with zero attached hydrogens (tertiary/aromatic N) is 1. The van der Waals surface area contributed by atoms with Gasteiger partial charge in [0.25, 0.3) is 0 Å². The number of benzene rings is 2. The number of methoxy groups -OCH3 is 1. The van der Waals surface area contributed by atoms with E-state index in [0.717, 1.165) is 22.9 Å². The average Bonchev–Trinajstić information content (AvgIpc) is 3.11. The van der Waals surface area contributed by atoms with Crippen molar-refractivity contribution in [2.45, 2.75) is 6.42 Å². The number of hydrogen-bond acceptors (Lipinski definition) is 4. The lowest BCUT2D eigenvalue weighted by molar-refractivity contribution is -0.122. The van der Waals surface area contributed by atoms with Gasteiger partial charge < -0.3 is 20.4 Å². The Morgan fingerprint density at radius 3 is 2.70 bits per heavy atom. The van der Waals surface area contributed by atoms with Gasteiger partial charge in [-0.2, -0.15) is 0 Å². The summed E-state index contributed by atoms with van der Waals surface area (Å²) in [5.74, 6) is 0.126. The molecule has 1 aromatic heterocycles. The highest BCUT2D eigenvalue weighted by atomic mass is 35.5. The molecule has 158 valence electrons. The van der Waals surface area contributed by atoms with Crippen LogP contribution in [0.2, 0.25) is 5.02 Å². The molecule has 8 heteroatoms. The smallest absolute Gasteiger partial charge is 0.238 e. The summed E-state index contributed by atoms with van der Waals surface area (Å²) in [7, 11) is 3.24. The van der Waals surface area contributed by atoms with E-state index in [1.807, 2.05) is 24.4 Å². The standard InChI is InChI=1S/C22H25ClN4O3/c1-27(14-22(29)26-19-11-16(23)7-8-20(19)30-2)13-21(28)24-10-9-15-12-25-18-6-4-3-5-17(15)18/h3-8,11-12,25H,9-10,13-14H2,1-2H3,(H,24,28)(H,26,29). The van der Waals surface area contributed by atoms with Crippen LogP contribution >= 0.6 is 11.6 Å². The molecule has 0 spiro atoms. The van der Waals surface area contributed by atoms with Crippen LogP contribution in [-0.2, 0) is 16.0 Å². The minimum atomic E-state index is -0.260. The minimum Gasteiger partial charge on any atom is -0.495 e. The number of hydrogen-bond donors (Lipinski definition) is 3. The van der Waals surface area contributed by atoms with E-state index in [9.17, 15) is 9.59 Å². The normalized spacial score (nSPS) is 10.9. The molecule has 0 radical (unpaired) electrons. The molecule has 2 aromatic carbocycles. The molecule has 0 atom stereocenters. The molecule has 1 heterocycles. The molecule has 0 saturated heterocycles. The summed E-state index contributed by atoms with van der Waals surface area (Å²) < 4.78 is 5.22. The highest BCUT2D eigenvalue weighted by Gasteiger charge is 2.13. The summed E-state index contributed by atoms with van der Waals surface area (Å²) in [6.07, 6.45) is 2.70. The maximum absolute atomic E-state index is 12.3. The number of carbonyl (C=O) groups excluding carboxylic acids is 2. The number of halogens is 1. The first-order chi connectivity index (χ1) is 14.5. The van der Waals surface area contributed by atoms with Crippen molar-refractivity contribution in [2.24, 2.45) is 0 Å². The van der Waals surface area contributed by atoms with Crippen LogP contribution in [-0.4, -0.2) is 55.5 Å². The molecule has 3 N–H and O–H groups in total. The van der Waals surface area contributed by atoms with Crippen molar-refractivity contribution < 1.29 is 14.3 Å². The molecule has 0 saturated carbocycles. The number of carbonyl (C=O) groups is 2. The lowest BCUT2D eigenvalue weighted by Gasteiger charge is -2.17. The fourth-order valence-corrected chi connectivity index (χ4v) is 3.42. The molecule has 7 nitrogen and oxygen atoms in total. The fraction of sp³-hybridized carbons (Fsp3) is 0.273. The van der Waals surface area contributed by atoms with Gasteiger partial charge in [-0.15, -0.1) is 0 Å². The van der Waals surface area contributed by atoms with Gasteiger partial charge in [0, 0.05) is 28.7 Å². The summed E-state index contributed by atoms with van der Waals surface area (Å²) in [4.78, 5) is 29.4. The number of aromatic amines is 1. The number of nitrogens with one attached hydrogen (secondary N) is 3. The van der Waals surface area contributed by atoms with E-state index < -0.39 is 0 Å². The van der Waals surface area contributed by atoms with Gasteiger partial charge in [-0.3, -0.25) is 14.5 Å². The number of para-hydroxylation sites is 1. The molecule has 0 aliphatic heterocycles. The molecular weight excluding hydrogens is 404 g/mol. The lowest BCUT2D eigenvalue weighted by atomic mass is 10.1. The van der Waals surface area contributed by atoms with E-state index >= 15 is 0 Å². The van der Waals surface area contributed by atoms with Crippen LogP contribution in [0.15, 0.2) is 48.7 Å². The number of fused-ring (bicyclic) bond motifs is 1. The molecule has 0 unspecified atom stereocenters. The maximum Gasteiger partial charge on any atom is 0.238 e. The van der Waals surface area contributed by atoms with Gasteiger partial charge in [0.15, 0.2) is 0 Å². The quantitative estimate of drug-likeness (QED) is 0.489. The average molecular weight is 429 g/mol. The third-order valence-electron chi connectivity index (χ3n) is 4.65. The van der Waals surface area contributed by atoms with E-state index in [2.05, 4.69) is 21.7 Å². The van der Waals surface area contributed by atoms with Crippen molar-refractivity contribution in [1.82, 2.24) is 15.2 Å². The molecular formula is C22H25ClN4O3. The SMILES string of the molecule is COc1ccc(Cl)cc1NC(=O)CN(C)CC(=O)NCCc1c[nH]c2ccccc12. The molecule has 3 rings (SSSR count). The zero-order valence-corrected chi connectivity index (χ0v) is 17.8. The van der Waals surface area contributed by atoms with E-state index in [0.29, 0.717) is 23.0 Å². The van der Waals surface area contributed by atoms with Gasteiger partial charge >= 0.3 is 0 Å². The van der Waals surface area contributed by atoms with Crippen molar-refractivity contribution >= 4 is 40.0 Å². The van der Waals surface area contributed by atoms with Crippen LogP contribution in [0.3, 0.4) is 0 Å². The number of anilines is 1. The maximum atomic E-state index is 12.3. The lowest BCUT2D eigenvalue weighted by Crippen LogP contribution is -2.39. The first-order valence-corrected chi connectivity index (χ1v) is 9.97. The molecule has 0 aliphatic rings. The third kappa shape index (κ3) is 5.75. The number of likely N-dealkylation sites (N-methyl/N-ethyl adjacent to an activating group) is 1. The van der Waals surface area contributed by atoms with Gasteiger partial charge in [-0.05, 0) is 43.3 Å². The van der Waals surface area contributed by atoms with Crippen molar-refractivity contribution in [3.05, 3.63) is 59.2 Å². The van der Waals surface area contributed by atoms with Crippen LogP contribution in [0.4, 0.5) is 5.69 Å². The Morgan fingerprint density at radius 2 is 1.90 bits per heavy atom. The Bertz CT molecular complexity index is 1030. The van der Waals surface area contributed by atoms with Gasteiger partial charge in [0.1, 0.15) is 5.75 Å². The first-order valence-electron chi connectivity index (χ1n) is 9.60. The second kappa shape index (κ2) is 10.1. The Labute approximate surface area is 180 Å². The highest BCUT2D eigenvalue weighted by Crippen LogP contribution is 2.27. The Balaban J connectivity index is 1.43. The Morgan fingerprint density at radius 1 is 1.13 bits per heavy atom. The predicted molar refractivity (Wildman–Crippen MR) is 119 cm³/mol. The second-order valence-corrected chi connectivity index (χ2v) is 7.46. The third-order valence-corrected chi connectivity index (χ3v) is 4.89. The largest absolute Gasteiger partial charge is 0.495 e. The van der Waals surface area contributed by atoms with Gasteiger partial charge in [0.05, 0.1) is 25.9 Å². The van der Waals surface area contributed by atoms with Crippen molar-refractivity contribution in [2.75, 3.05) is 39.1 Å². The minimum absolute atomic E-state index is 0.0610. The topological polar surface area (TPSA) is 86.5 Å². The zero-order chi connectivity index (χ0) is 21.5. The fourth-order valence-electron chi connectivity index (χ4n) is 3.24. The van der Waals surface area contributed by atoms with Crippen molar-refractivity contribution in [3.63, 3.8) is 0 Å². The van der Waals surface area contributed by atoms with Gasteiger partial charge in [-0.1, -0.05) is 29.8 Å². The van der Waals surface area contributed by atoms with E-state index in [1.54, 1.807) is 30.1 Å². The monoisotopic (exact) mass is 428 g/mol. The van der Waals surface area contributed by atoms with Crippen molar-refractivity contribution in [3.8, 4) is 5.75 Å². The van der Waals surface area contributed by atoms with Crippen LogP contribution in [0, 0.1) is 0 Å².